The molecule has 2 rings (SSSR count). The second-order valence-corrected chi connectivity index (χ2v) is 6.53. The number of rotatable bonds is 3. The molecule has 1 amide bonds. The Bertz CT molecular complexity index is 812. The zero-order valence-electron chi connectivity index (χ0n) is 13.0. The lowest BCUT2D eigenvalue weighted by Crippen LogP contribution is -2.32. The molecule has 0 bridgehead atoms. The van der Waals surface area contributed by atoms with E-state index in [-0.39, 0.29) is 22.6 Å². The zero-order valence-corrected chi connectivity index (χ0v) is 13.9. The van der Waals surface area contributed by atoms with E-state index in [1.165, 1.54) is 0 Å². The molecule has 23 heavy (non-hydrogen) atoms. The third-order valence-corrected chi connectivity index (χ3v) is 4.66. The molecule has 0 radical (unpaired) electrons. The second kappa shape index (κ2) is 7.25. The lowest BCUT2D eigenvalue weighted by molar-refractivity contribution is -0.121. The summed E-state index contributed by atoms with van der Waals surface area (Å²) in [5, 5.41) is 4.12. The summed E-state index contributed by atoms with van der Waals surface area (Å²) in [5.41, 5.74) is 4.99. The first-order valence-electron chi connectivity index (χ1n) is 7.27. The minimum atomic E-state index is -2.31. The maximum absolute atomic E-state index is 11.4. The average Bonchev–Trinajstić information content (AvgIpc) is 2.48. The predicted molar refractivity (Wildman–Crippen MR) is 91.2 cm³/mol. The van der Waals surface area contributed by atoms with E-state index in [1.807, 2.05) is 26.0 Å². The smallest absolute Gasteiger partial charge is 0.240 e. The number of hydrogen-bond acceptors (Lipinski definition) is 4. The fourth-order valence-corrected chi connectivity index (χ4v) is 3.40. The first-order valence-corrected chi connectivity index (χ1v) is 8.34. The largest absolute Gasteiger partial charge is 0.273 e. The molecule has 5 nitrogen and oxygen atoms in total. The van der Waals surface area contributed by atoms with Gasteiger partial charge in [0.05, 0.1) is 10.6 Å². The minimum Gasteiger partial charge on any atom is -0.273 e. The lowest BCUT2D eigenvalue weighted by Gasteiger charge is -2.22. The van der Waals surface area contributed by atoms with Gasteiger partial charge in [-0.3, -0.25) is 4.79 Å². The Labute approximate surface area is 137 Å². The van der Waals surface area contributed by atoms with Crippen LogP contribution in [-0.2, 0) is 15.1 Å². The van der Waals surface area contributed by atoms with Crippen molar-refractivity contribution in [1.82, 2.24) is 5.43 Å². The number of hydrogen-bond donors (Lipinski definition) is 1. The number of allylic oxidation sites excluding steroid dienone is 6. The Morgan fingerprint density at radius 2 is 2.30 bits per heavy atom. The Balaban J connectivity index is 2.38. The number of hydrazone groups is 1. The molecule has 2 atom stereocenters. The van der Waals surface area contributed by atoms with Gasteiger partial charge in [-0.25, -0.2) is 5.43 Å². The van der Waals surface area contributed by atoms with Gasteiger partial charge in [0.1, 0.15) is 0 Å². The molecule has 0 aromatic rings. The molecule has 0 saturated carbocycles. The van der Waals surface area contributed by atoms with Crippen LogP contribution < -0.4 is 5.43 Å². The van der Waals surface area contributed by atoms with E-state index in [0.29, 0.717) is 12.8 Å². The normalized spacial score (nSPS) is 24.5. The monoisotopic (exact) mass is 330 g/mol. The predicted octanol–water partition coefficient (Wildman–Crippen LogP) is 1.63. The average molecular weight is 330 g/mol. The molecule has 0 spiro atoms. The summed E-state index contributed by atoms with van der Waals surface area (Å²) < 4.78 is 22.8. The Kier molecular flexibility index (Phi) is 5.35. The number of nitrogens with zero attached hydrogens (tertiary/aromatic N) is 1. The van der Waals surface area contributed by atoms with Crippen molar-refractivity contribution in [2.24, 2.45) is 16.9 Å². The minimum absolute atomic E-state index is 0.0166. The van der Waals surface area contributed by atoms with Gasteiger partial charge >= 0.3 is 0 Å². The highest BCUT2D eigenvalue weighted by Gasteiger charge is 2.24. The van der Waals surface area contributed by atoms with Crippen molar-refractivity contribution >= 4 is 26.8 Å². The van der Waals surface area contributed by atoms with E-state index in [2.05, 4.69) is 16.4 Å². The van der Waals surface area contributed by atoms with E-state index >= 15 is 0 Å². The van der Waals surface area contributed by atoms with Crippen molar-refractivity contribution in [1.29, 1.82) is 0 Å². The lowest BCUT2D eigenvalue weighted by atomic mass is 9.86. The quantitative estimate of drug-likeness (QED) is 0.631. The van der Waals surface area contributed by atoms with Gasteiger partial charge in [0.2, 0.25) is 16.2 Å². The molecule has 0 aromatic carbocycles. The second-order valence-electron chi connectivity index (χ2n) is 5.59. The molecule has 0 aromatic heterocycles. The highest BCUT2D eigenvalue weighted by Crippen LogP contribution is 2.25. The van der Waals surface area contributed by atoms with Crippen LogP contribution in [0, 0.1) is 24.2 Å². The van der Waals surface area contributed by atoms with E-state index in [9.17, 15) is 13.2 Å². The molecule has 1 N–H and O–H groups in total. The van der Waals surface area contributed by atoms with Crippen molar-refractivity contribution in [3.8, 4) is 12.3 Å². The van der Waals surface area contributed by atoms with Crippen LogP contribution in [0.5, 0.6) is 0 Å². The van der Waals surface area contributed by atoms with Crippen LogP contribution in [0.3, 0.4) is 0 Å². The summed E-state index contributed by atoms with van der Waals surface area (Å²) in [6, 6.07) is 0. The van der Waals surface area contributed by atoms with Crippen LogP contribution in [0.4, 0.5) is 0 Å². The fourth-order valence-electron chi connectivity index (χ4n) is 2.76. The molecule has 1 heterocycles. The van der Waals surface area contributed by atoms with Crippen LogP contribution in [0.2, 0.25) is 0 Å². The van der Waals surface area contributed by atoms with Crippen molar-refractivity contribution in [3.63, 3.8) is 0 Å². The van der Waals surface area contributed by atoms with Crippen LogP contribution in [-0.4, -0.2) is 24.9 Å². The van der Waals surface area contributed by atoms with Crippen molar-refractivity contribution in [2.45, 2.75) is 26.7 Å². The molecule has 0 saturated heterocycles. The van der Waals surface area contributed by atoms with Crippen LogP contribution in [0.15, 0.2) is 40.6 Å². The molecule has 1 aliphatic carbocycles. The van der Waals surface area contributed by atoms with E-state index < -0.39 is 10.3 Å². The van der Waals surface area contributed by atoms with E-state index in [0.717, 1.165) is 16.9 Å². The highest BCUT2D eigenvalue weighted by molar-refractivity contribution is 7.73. The molecule has 120 valence electrons. The number of carbonyl (C=O) groups excluding carboxylic acids is 1. The van der Waals surface area contributed by atoms with Gasteiger partial charge in [-0.2, -0.15) is 13.5 Å². The van der Waals surface area contributed by atoms with Crippen molar-refractivity contribution in [3.05, 3.63) is 35.5 Å². The SMILES string of the molecule is C#CCC1C(C=C(C)C2=NNC(=O)CC2C)=CC=CC1=S(=O)=O. The van der Waals surface area contributed by atoms with Gasteiger partial charge in [0.25, 0.3) is 0 Å². The summed E-state index contributed by atoms with van der Waals surface area (Å²) in [5.74, 6) is 2.10. The van der Waals surface area contributed by atoms with Crippen molar-refractivity contribution in [2.75, 3.05) is 0 Å². The van der Waals surface area contributed by atoms with Gasteiger partial charge in [-0.15, -0.1) is 12.3 Å². The summed E-state index contributed by atoms with van der Waals surface area (Å²) in [4.78, 5) is 11.6. The first kappa shape index (κ1) is 17.0. The van der Waals surface area contributed by atoms with Crippen LogP contribution in [0.1, 0.15) is 26.7 Å². The van der Waals surface area contributed by atoms with Crippen LogP contribution >= 0.6 is 0 Å². The van der Waals surface area contributed by atoms with E-state index in [1.54, 1.807) is 12.2 Å². The fraction of sp³-hybridized carbons (Fsp3) is 0.353. The first-order chi connectivity index (χ1) is 10.9. The maximum Gasteiger partial charge on any atom is 0.240 e. The van der Waals surface area contributed by atoms with Gasteiger partial charge in [-0.05, 0) is 24.1 Å². The molecule has 2 unspecified atom stereocenters. The Hall–Kier alpha value is -2.39. The summed E-state index contributed by atoms with van der Waals surface area (Å²) >= 11 is 0. The molecule has 2 aliphatic rings. The van der Waals surface area contributed by atoms with Gasteiger partial charge in [0, 0.05) is 24.7 Å². The highest BCUT2D eigenvalue weighted by atomic mass is 32.2. The summed E-state index contributed by atoms with van der Waals surface area (Å²) in [6.07, 6.45) is 13.1. The summed E-state index contributed by atoms with van der Waals surface area (Å²) in [7, 11) is -2.31. The maximum atomic E-state index is 11.4. The van der Waals surface area contributed by atoms with E-state index in [4.69, 9.17) is 6.42 Å². The van der Waals surface area contributed by atoms with Gasteiger partial charge in [-0.1, -0.05) is 25.2 Å². The Morgan fingerprint density at radius 3 is 2.91 bits per heavy atom. The number of amides is 1. The molecule has 6 heteroatoms. The molecule has 0 fully saturated rings. The van der Waals surface area contributed by atoms with Crippen molar-refractivity contribution < 1.29 is 13.2 Å². The molecular weight excluding hydrogens is 312 g/mol. The third kappa shape index (κ3) is 3.88. The number of terminal acetylenes is 1. The zero-order chi connectivity index (χ0) is 17.0. The topological polar surface area (TPSA) is 75.6 Å². The van der Waals surface area contributed by atoms with Gasteiger partial charge < -0.3 is 0 Å². The molecule has 1 aliphatic heterocycles. The molecular formula is C17H18N2O3S. The third-order valence-electron chi connectivity index (χ3n) is 3.86. The standard InChI is InChI=1S/C17H18N2O3S/c1-4-6-14-13(7-5-8-15(14)23(21)22)9-11(2)17-12(3)10-16(20)18-19-17/h1,5,7-9,12,14H,6,10H2,2-3H3,(H,18,20). The van der Waals surface area contributed by atoms with Gasteiger partial charge in [0.15, 0.2) is 0 Å². The van der Waals surface area contributed by atoms with Crippen LogP contribution in [0.25, 0.3) is 0 Å². The number of carbonyl (C=O) groups is 1. The Morgan fingerprint density at radius 1 is 1.57 bits per heavy atom. The number of nitrogens with one attached hydrogen (secondary N) is 1. The summed E-state index contributed by atoms with van der Waals surface area (Å²) in [6.45, 7) is 3.83.